The Hall–Kier alpha value is -0.450. The van der Waals surface area contributed by atoms with E-state index in [9.17, 15) is 0 Å². The maximum absolute atomic E-state index is 6.14. The first kappa shape index (κ1) is 14.9. The van der Waals surface area contributed by atoms with Gasteiger partial charge in [0, 0.05) is 15.5 Å². The van der Waals surface area contributed by atoms with Gasteiger partial charge >= 0.3 is 0 Å². The predicted molar refractivity (Wildman–Crippen MR) is 89.8 cm³/mol. The summed E-state index contributed by atoms with van der Waals surface area (Å²) in [5.41, 5.74) is 1.15. The zero-order valence-electron chi connectivity index (χ0n) is 10.2. The van der Waals surface area contributed by atoms with Gasteiger partial charge in [0.1, 0.15) is 11.9 Å². The minimum absolute atomic E-state index is 0.00549. The maximum atomic E-state index is 6.14. The second-order valence-corrected chi connectivity index (χ2v) is 5.99. The van der Waals surface area contributed by atoms with Crippen LogP contribution in [0.25, 0.3) is 0 Å². The lowest BCUT2D eigenvalue weighted by Gasteiger charge is -2.19. The van der Waals surface area contributed by atoms with Gasteiger partial charge in [0.05, 0.1) is 5.02 Å². The molecule has 1 nitrogen and oxygen atoms in total. The second-order valence-electron chi connectivity index (χ2n) is 4.07. The van der Waals surface area contributed by atoms with Gasteiger partial charge in [-0.05, 0) is 24.1 Å². The molecular weight excluding hydrogens is 394 g/mol. The predicted octanol–water partition coefficient (Wildman–Crippen LogP) is 5.94. The molecule has 0 radical (unpaired) electrons. The first-order valence-electron chi connectivity index (χ1n) is 5.93. The highest BCUT2D eigenvalue weighted by atomic mass is 127. The number of hydrogen-bond donors (Lipinski definition) is 0. The van der Waals surface area contributed by atoms with E-state index in [2.05, 4.69) is 34.7 Å². The van der Waals surface area contributed by atoms with Gasteiger partial charge in [-0.25, -0.2) is 0 Å². The van der Waals surface area contributed by atoms with Crippen molar-refractivity contribution in [2.75, 3.05) is 4.43 Å². The van der Waals surface area contributed by atoms with Crippen LogP contribution in [0.5, 0.6) is 5.75 Å². The Morgan fingerprint density at radius 3 is 2.47 bits per heavy atom. The Morgan fingerprint density at radius 1 is 1.05 bits per heavy atom. The smallest absolute Gasteiger partial charge is 0.140 e. The first-order chi connectivity index (χ1) is 9.20. The molecule has 1 atom stereocenters. The van der Waals surface area contributed by atoms with Crippen LogP contribution in [0.3, 0.4) is 0 Å². The van der Waals surface area contributed by atoms with Crippen LogP contribution in [0, 0.1) is 0 Å². The molecule has 0 aliphatic carbocycles. The maximum Gasteiger partial charge on any atom is 0.140 e. The number of ether oxygens (including phenoxy) is 1. The van der Waals surface area contributed by atoms with Crippen LogP contribution >= 0.6 is 45.8 Å². The average molecular weight is 407 g/mol. The third kappa shape index (κ3) is 4.26. The van der Waals surface area contributed by atoms with Crippen LogP contribution in [0.1, 0.15) is 18.1 Å². The summed E-state index contributed by atoms with van der Waals surface area (Å²) in [7, 11) is 0. The monoisotopic (exact) mass is 406 g/mol. The summed E-state index contributed by atoms with van der Waals surface area (Å²) < 4.78 is 7.04. The van der Waals surface area contributed by atoms with E-state index in [1.54, 1.807) is 18.2 Å². The molecule has 0 spiro atoms. The third-order valence-electron chi connectivity index (χ3n) is 2.71. The molecule has 0 saturated carbocycles. The second kappa shape index (κ2) is 7.36. The quantitative estimate of drug-likeness (QED) is 0.441. The molecule has 2 aromatic rings. The van der Waals surface area contributed by atoms with Gasteiger partial charge in [-0.15, -0.1) is 0 Å². The highest BCUT2D eigenvalue weighted by Gasteiger charge is 2.14. The topological polar surface area (TPSA) is 9.23 Å². The van der Waals surface area contributed by atoms with Crippen molar-refractivity contribution in [2.24, 2.45) is 0 Å². The summed E-state index contributed by atoms with van der Waals surface area (Å²) >= 11 is 14.5. The molecule has 0 saturated heterocycles. The van der Waals surface area contributed by atoms with Crippen molar-refractivity contribution in [1.29, 1.82) is 0 Å². The van der Waals surface area contributed by atoms with Gasteiger partial charge in [0.25, 0.3) is 0 Å². The molecule has 0 heterocycles. The molecule has 0 amide bonds. The van der Waals surface area contributed by atoms with Crippen molar-refractivity contribution in [3.05, 3.63) is 64.1 Å². The summed E-state index contributed by atoms with van der Waals surface area (Å²) in [6, 6.07) is 15.4. The highest BCUT2D eigenvalue weighted by molar-refractivity contribution is 14.1. The SMILES string of the molecule is Clc1ccc(Cl)c(O[C@H](CCI)c2ccccc2)c1. The number of halogens is 3. The minimum Gasteiger partial charge on any atom is -0.484 e. The summed E-state index contributed by atoms with van der Waals surface area (Å²) in [5.74, 6) is 0.632. The lowest BCUT2D eigenvalue weighted by atomic mass is 10.1. The fourth-order valence-corrected chi connectivity index (χ4v) is 2.67. The molecule has 0 fully saturated rings. The third-order valence-corrected chi connectivity index (χ3v) is 3.88. The van der Waals surface area contributed by atoms with Crippen LogP contribution < -0.4 is 4.74 Å². The van der Waals surface area contributed by atoms with Crippen molar-refractivity contribution in [3.8, 4) is 5.75 Å². The van der Waals surface area contributed by atoms with Crippen LogP contribution in [0.2, 0.25) is 10.0 Å². The minimum atomic E-state index is -0.00549. The van der Waals surface area contributed by atoms with Crippen molar-refractivity contribution >= 4 is 45.8 Å². The fraction of sp³-hybridized carbons (Fsp3) is 0.200. The molecule has 0 bridgehead atoms. The summed E-state index contributed by atoms with van der Waals surface area (Å²) in [6.07, 6.45) is 0.919. The number of rotatable bonds is 5. The summed E-state index contributed by atoms with van der Waals surface area (Å²) in [4.78, 5) is 0. The van der Waals surface area contributed by atoms with Gasteiger partial charge in [-0.1, -0.05) is 76.1 Å². The molecule has 2 aromatic carbocycles. The Bertz CT molecular complexity index is 531. The molecule has 0 aliphatic heterocycles. The number of benzene rings is 2. The van der Waals surface area contributed by atoms with E-state index in [1.807, 2.05) is 18.2 Å². The molecule has 2 rings (SSSR count). The van der Waals surface area contributed by atoms with E-state index >= 15 is 0 Å². The first-order valence-corrected chi connectivity index (χ1v) is 8.21. The lowest BCUT2D eigenvalue weighted by molar-refractivity contribution is 0.204. The van der Waals surface area contributed by atoms with E-state index in [1.165, 1.54) is 0 Å². The van der Waals surface area contributed by atoms with Gasteiger partial charge < -0.3 is 4.74 Å². The number of alkyl halides is 1. The van der Waals surface area contributed by atoms with Crippen LogP contribution in [0.4, 0.5) is 0 Å². The van der Waals surface area contributed by atoms with E-state index in [0.717, 1.165) is 16.4 Å². The molecule has 0 aromatic heterocycles. The molecule has 4 heteroatoms. The van der Waals surface area contributed by atoms with Crippen LogP contribution in [-0.2, 0) is 0 Å². The highest BCUT2D eigenvalue weighted by Crippen LogP contribution is 2.33. The molecular formula is C15H13Cl2IO. The number of hydrogen-bond acceptors (Lipinski definition) is 1. The van der Waals surface area contributed by atoms with E-state index < -0.39 is 0 Å². The van der Waals surface area contributed by atoms with E-state index in [-0.39, 0.29) is 6.10 Å². The summed E-state index contributed by atoms with van der Waals surface area (Å²) in [5, 5.41) is 1.21. The van der Waals surface area contributed by atoms with Crippen molar-refractivity contribution in [1.82, 2.24) is 0 Å². The van der Waals surface area contributed by atoms with Gasteiger partial charge in [0.2, 0.25) is 0 Å². The van der Waals surface area contributed by atoms with Gasteiger partial charge in [0.15, 0.2) is 0 Å². The summed E-state index contributed by atoms with van der Waals surface area (Å²) in [6.45, 7) is 0. The normalized spacial score (nSPS) is 12.2. The zero-order valence-corrected chi connectivity index (χ0v) is 13.8. The Morgan fingerprint density at radius 2 is 1.79 bits per heavy atom. The Labute approximate surface area is 137 Å². The average Bonchev–Trinajstić information content (AvgIpc) is 2.43. The molecule has 100 valence electrons. The van der Waals surface area contributed by atoms with E-state index in [0.29, 0.717) is 15.8 Å². The zero-order chi connectivity index (χ0) is 13.7. The van der Waals surface area contributed by atoms with Gasteiger partial charge in [-0.3, -0.25) is 0 Å². The molecule has 0 N–H and O–H groups in total. The molecule has 0 aliphatic rings. The van der Waals surface area contributed by atoms with Crippen molar-refractivity contribution < 1.29 is 4.74 Å². The lowest BCUT2D eigenvalue weighted by Crippen LogP contribution is -2.08. The van der Waals surface area contributed by atoms with Crippen molar-refractivity contribution in [3.63, 3.8) is 0 Å². The molecule has 19 heavy (non-hydrogen) atoms. The van der Waals surface area contributed by atoms with E-state index in [4.69, 9.17) is 27.9 Å². The standard InChI is InChI=1S/C15H13Cl2IO/c16-12-6-7-13(17)15(10-12)19-14(8-9-18)11-4-2-1-3-5-11/h1-7,10,14H,8-9H2/t14-/m1/s1. The molecule has 0 unspecified atom stereocenters. The van der Waals surface area contributed by atoms with Gasteiger partial charge in [-0.2, -0.15) is 0 Å². The van der Waals surface area contributed by atoms with Crippen LogP contribution in [0.15, 0.2) is 48.5 Å². The fourth-order valence-electron chi connectivity index (χ4n) is 1.78. The largest absolute Gasteiger partial charge is 0.484 e. The Kier molecular flexibility index (Phi) is 5.79. The van der Waals surface area contributed by atoms with Crippen molar-refractivity contribution in [2.45, 2.75) is 12.5 Å². The Balaban J connectivity index is 2.24. The van der Waals surface area contributed by atoms with Crippen LogP contribution in [-0.4, -0.2) is 4.43 Å².